The van der Waals surface area contributed by atoms with Crippen molar-refractivity contribution < 1.29 is 28.2 Å². The largest absolute Gasteiger partial charge is 0.481 e. The first-order valence-electron chi connectivity index (χ1n) is 7.22. The van der Waals surface area contributed by atoms with E-state index < -0.39 is 34.7 Å². The second-order valence-electron chi connectivity index (χ2n) is 6.66. The van der Waals surface area contributed by atoms with E-state index in [1.807, 2.05) is 0 Å². The van der Waals surface area contributed by atoms with E-state index in [0.717, 1.165) is 18.2 Å². The molecule has 23 heavy (non-hydrogen) atoms. The average molecular weight is 327 g/mol. The molecule has 0 radical (unpaired) electrons. The van der Waals surface area contributed by atoms with Crippen LogP contribution in [0.15, 0.2) is 18.2 Å². The number of benzene rings is 1. The van der Waals surface area contributed by atoms with Gasteiger partial charge < -0.3 is 14.7 Å². The maximum absolute atomic E-state index is 14.1. The molecule has 1 aliphatic heterocycles. The number of halogens is 2. The molecule has 1 aromatic rings. The molecule has 5 nitrogen and oxygen atoms in total. The van der Waals surface area contributed by atoms with Gasteiger partial charge in [-0.15, -0.1) is 0 Å². The normalized spacial score (nSPS) is 21.3. The summed E-state index contributed by atoms with van der Waals surface area (Å²) in [4.78, 5) is 25.1. The van der Waals surface area contributed by atoms with Gasteiger partial charge in [0.1, 0.15) is 22.7 Å². The molecule has 1 saturated heterocycles. The molecule has 1 heterocycles. The number of aliphatic carboxylic acids is 1. The zero-order chi connectivity index (χ0) is 17.4. The highest BCUT2D eigenvalue weighted by Gasteiger charge is 2.50. The zero-order valence-corrected chi connectivity index (χ0v) is 13.2. The van der Waals surface area contributed by atoms with Crippen molar-refractivity contribution in [1.82, 2.24) is 4.90 Å². The third-order valence-electron chi connectivity index (χ3n) is 3.77. The number of likely N-dealkylation sites (tertiary alicyclic amines) is 1. The number of carbonyl (C=O) groups is 2. The molecule has 1 atom stereocenters. The Morgan fingerprint density at radius 1 is 1.30 bits per heavy atom. The quantitative estimate of drug-likeness (QED) is 0.907. The lowest BCUT2D eigenvalue weighted by Gasteiger charge is -2.27. The van der Waals surface area contributed by atoms with Gasteiger partial charge in [-0.3, -0.25) is 4.79 Å². The molecule has 7 heteroatoms. The Morgan fingerprint density at radius 3 is 2.52 bits per heavy atom. The van der Waals surface area contributed by atoms with Crippen LogP contribution in [0.1, 0.15) is 32.8 Å². The molecule has 1 amide bonds. The number of hydrogen-bond acceptors (Lipinski definition) is 3. The Bertz CT molecular complexity index is 641. The van der Waals surface area contributed by atoms with Crippen molar-refractivity contribution in [3.05, 3.63) is 35.4 Å². The Labute approximate surface area is 132 Å². The maximum Gasteiger partial charge on any atom is 0.410 e. The first-order valence-corrected chi connectivity index (χ1v) is 7.22. The second-order valence-corrected chi connectivity index (χ2v) is 6.66. The molecule has 0 aromatic heterocycles. The van der Waals surface area contributed by atoms with Crippen LogP contribution >= 0.6 is 0 Å². The molecule has 1 fully saturated rings. The average Bonchev–Trinajstić information content (AvgIpc) is 2.86. The van der Waals surface area contributed by atoms with Gasteiger partial charge in [-0.05, 0) is 45.4 Å². The minimum Gasteiger partial charge on any atom is -0.481 e. The van der Waals surface area contributed by atoms with Gasteiger partial charge in [0.25, 0.3) is 0 Å². The Balaban J connectivity index is 2.33. The number of carbonyl (C=O) groups excluding carboxylic acids is 1. The molecule has 1 aromatic carbocycles. The summed E-state index contributed by atoms with van der Waals surface area (Å²) in [5.41, 5.74) is -2.66. The van der Waals surface area contributed by atoms with Crippen LogP contribution < -0.4 is 0 Å². The minimum absolute atomic E-state index is 0.0120. The van der Waals surface area contributed by atoms with E-state index in [9.17, 15) is 23.5 Å². The highest BCUT2D eigenvalue weighted by Crippen LogP contribution is 2.37. The number of ether oxygens (including phenoxy) is 1. The van der Waals surface area contributed by atoms with Crippen molar-refractivity contribution in [3.8, 4) is 0 Å². The lowest BCUT2D eigenvalue weighted by Crippen LogP contribution is -2.42. The predicted octanol–water partition coefficient (Wildman–Crippen LogP) is 2.93. The van der Waals surface area contributed by atoms with Crippen molar-refractivity contribution in [2.45, 2.75) is 38.2 Å². The van der Waals surface area contributed by atoms with Crippen molar-refractivity contribution >= 4 is 12.1 Å². The van der Waals surface area contributed by atoms with Crippen LogP contribution in [0.3, 0.4) is 0 Å². The summed E-state index contributed by atoms with van der Waals surface area (Å²) in [5, 5.41) is 9.60. The molecule has 1 unspecified atom stereocenters. The van der Waals surface area contributed by atoms with E-state index in [2.05, 4.69) is 0 Å². The summed E-state index contributed by atoms with van der Waals surface area (Å²) < 4.78 is 32.7. The summed E-state index contributed by atoms with van der Waals surface area (Å²) in [6, 6.07) is 2.70. The molecule has 0 bridgehead atoms. The number of carboxylic acids is 1. The summed E-state index contributed by atoms with van der Waals surface area (Å²) in [5.74, 6) is -2.83. The van der Waals surface area contributed by atoms with Crippen LogP contribution in [0.2, 0.25) is 0 Å². The molecule has 0 saturated carbocycles. The first-order chi connectivity index (χ1) is 10.5. The summed E-state index contributed by atoms with van der Waals surface area (Å²) in [6.45, 7) is 4.90. The molecular weight excluding hydrogens is 308 g/mol. The molecule has 2 rings (SSSR count). The molecule has 1 N–H and O–H groups in total. The number of carboxylic acid groups (broad SMARTS) is 1. The summed E-state index contributed by atoms with van der Waals surface area (Å²) >= 11 is 0. The number of nitrogens with zero attached hydrogens (tertiary/aromatic N) is 1. The molecule has 126 valence electrons. The number of hydrogen-bond donors (Lipinski definition) is 1. The highest BCUT2D eigenvalue weighted by molar-refractivity contribution is 5.84. The Morgan fingerprint density at radius 2 is 1.96 bits per heavy atom. The van der Waals surface area contributed by atoms with Crippen molar-refractivity contribution in [1.29, 1.82) is 0 Å². The van der Waals surface area contributed by atoms with Gasteiger partial charge in [0.05, 0.1) is 0 Å². The third-order valence-corrected chi connectivity index (χ3v) is 3.77. The van der Waals surface area contributed by atoms with E-state index in [-0.39, 0.29) is 25.1 Å². The first kappa shape index (κ1) is 17.2. The lowest BCUT2D eigenvalue weighted by molar-refractivity contribution is -0.143. The fourth-order valence-corrected chi connectivity index (χ4v) is 2.67. The van der Waals surface area contributed by atoms with Crippen LogP contribution in [0.25, 0.3) is 0 Å². The summed E-state index contributed by atoms with van der Waals surface area (Å²) in [7, 11) is 0. The fraction of sp³-hybridized carbons (Fsp3) is 0.500. The third kappa shape index (κ3) is 3.43. The van der Waals surface area contributed by atoms with E-state index in [1.165, 1.54) is 4.90 Å². The van der Waals surface area contributed by atoms with Crippen LogP contribution in [0, 0.1) is 11.6 Å². The molecule has 0 aliphatic carbocycles. The van der Waals surface area contributed by atoms with E-state index in [4.69, 9.17) is 4.74 Å². The highest BCUT2D eigenvalue weighted by atomic mass is 19.1. The molecule has 1 aliphatic rings. The maximum atomic E-state index is 14.1. The van der Waals surface area contributed by atoms with E-state index >= 15 is 0 Å². The van der Waals surface area contributed by atoms with Gasteiger partial charge in [-0.2, -0.15) is 0 Å². The van der Waals surface area contributed by atoms with Gasteiger partial charge in [0.15, 0.2) is 0 Å². The molecular formula is C16H19F2NO4. The van der Waals surface area contributed by atoms with Crippen LogP contribution in [0.4, 0.5) is 13.6 Å². The standard InChI is InChI=1S/C16H19F2NO4/c1-15(2,3)23-14(22)19-7-6-16(9-19,13(20)21)11-8-10(17)4-5-12(11)18/h4-5,8H,6-7,9H2,1-3H3,(H,20,21). The van der Waals surface area contributed by atoms with E-state index in [0.29, 0.717) is 0 Å². The van der Waals surface area contributed by atoms with Crippen molar-refractivity contribution in [2.24, 2.45) is 0 Å². The number of amides is 1. The van der Waals surface area contributed by atoms with Crippen molar-refractivity contribution in [2.75, 3.05) is 13.1 Å². The number of rotatable bonds is 2. The van der Waals surface area contributed by atoms with Gasteiger partial charge in [-0.25, -0.2) is 13.6 Å². The fourth-order valence-electron chi connectivity index (χ4n) is 2.67. The van der Waals surface area contributed by atoms with E-state index in [1.54, 1.807) is 20.8 Å². The topological polar surface area (TPSA) is 66.8 Å². The zero-order valence-electron chi connectivity index (χ0n) is 13.2. The van der Waals surface area contributed by atoms with Crippen LogP contribution in [-0.4, -0.2) is 40.8 Å². The van der Waals surface area contributed by atoms with Crippen molar-refractivity contribution in [3.63, 3.8) is 0 Å². The van der Waals surface area contributed by atoms with Crippen LogP contribution in [-0.2, 0) is 14.9 Å². The predicted molar refractivity (Wildman–Crippen MR) is 78.1 cm³/mol. The van der Waals surface area contributed by atoms with Crippen LogP contribution in [0.5, 0.6) is 0 Å². The Kier molecular flexibility index (Phi) is 4.32. The smallest absolute Gasteiger partial charge is 0.410 e. The monoisotopic (exact) mass is 327 g/mol. The molecule has 0 spiro atoms. The van der Waals surface area contributed by atoms with Gasteiger partial charge in [-0.1, -0.05) is 0 Å². The van der Waals surface area contributed by atoms with Gasteiger partial charge in [0.2, 0.25) is 0 Å². The minimum atomic E-state index is -1.68. The SMILES string of the molecule is CC(C)(C)OC(=O)N1CCC(C(=O)O)(c2cc(F)ccc2F)C1. The second kappa shape index (κ2) is 5.79. The Hall–Kier alpha value is -2.18. The van der Waals surface area contributed by atoms with Gasteiger partial charge in [0, 0.05) is 18.7 Å². The van der Waals surface area contributed by atoms with Gasteiger partial charge >= 0.3 is 12.1 Å². The summed E-state index contributed by atoms with van der Waals surface area (Å²) in [6.07, 6.45) is -0.681. The lowest BCUT2D eigenvalue weighted by atomic mass is 9.79.